The smallest absolute Gasteiger partial charge is 0.236 e. The van der Waals surface area contributed by atoms with Gasteiger partial charge in [-0.1, -0.05) is 23.9 Å². The summed E-state index contributed by atoms with van der Waals surface area (Å²) < 4.78 is 13.7. The molecule has 28 heavy (non-hydrogen) atoms. The quantitative estimate of drug-likeness (QED) is 0.687. The molecule has 2 atom stereocenters. The lowest BCUT2D eigenvalue weighted by Crippen LogP contribution is -2.45. The van der Waals surface area contributed by atoms with Crippen molar-refractivity contribution in [1.29, 1.82) is 0 Å². The molecule has 1 amide bonds. The Hall–Kier alpha value is -2.22. The van der Waals surface area contributed by atoms with Crippen molar-refractivity contribution in [2.75, 3.05) is 6.61 Å². The Morgan fingerprint density at radius 1 is 1.14 bits per heavy atom. The SMILES string of the molecule is CC(C)N(C(=O)[C@@H](C)Sc1nnc([C@@H]2COc3ccccc3O2)n1C)C(C)C. The van der Waals surface area contributed by atoms with Crippen LogP contribution in [0.25, 0.3) is 0 Å². The molecule has 1 aromatic heterocycles. The Morgan fingerprint density at radius 3 is 2.43 bits per heavy atom. The molecule has 1 aromatic carbocycles. The molecule has 2 heterocycles. The predicted molar refractivity (Wildman–Crippen MR) is 109 cm³/mol. The number of para-hydroxylation sites is 2. The van der Waals surface area contributed by atoms with E-state index in [2.05, 4.69) is 10.2 Å². The second-order valence-corrected chi connectivity index (χ2v) is 8.77. The maximum atomic E-state index is 12.9. The van der Waals surface area contributed by atoms with Crippen LogP contribution in [0.2, 0.25) is 0 Å². The van der Waals surface area contributed by atoms with Crippen molar-refractivity contribution in [3.63, 3.8) is 0 Å². The fourth-order valence-electron chi connectivity index (χ4n) is 3.38. The topological polar surface area (TPSA) is 69.5 Å². The first-order valence-corrected chi connectivity index (χ1v) is 10.4. The van der Waals surface area contributed by atoms with Crippen molar-refractivity contribution in [2.24, 2.45) is 7.05 Å². The number of benzene rings is 1. The molecule has 0 saturated carbocycles. The number of aromatic nitrogens is 3. The second-order valence-electron chi connectivity index (χ2n) is 7.46. The van der Waals surface area contributed by atoms with E-state index < -0.39 is 0 Å². The van der Waals surface area contributed by atoms with Crippen LogP contribution in [0.1, 0.15) is 46.5 Å². The molecule has 0 aliphatic carbocycles. The Morgan fingerprint density at radius 2 is 1.79 bits per heavy atom. The number of fused-ring (bicyclic) bond motifs is 1. The van der Waals surface area contributed by atoms with Gasteiger partial charge in [0.25, 0.3) is 0 Å². The monoisotopic (exact) mass is 404 g/mol. The molecule has 0 N–H and O–H groups in total. The van der Waals surface area contributed by atoms with E-state index in [0.717, 1.165) is 5.75 Å². The maximum Gasteiger partial charge on any atom is 0.236 e. The summed E-state index contributed by atoms with van der Waals surface area (Å²) in [5, 5.41) is 9.02. The van der Waals surface area contributed by atoms with E-state index in [4.69, 9.17) is 9.47 Å². The first-order valence-electron chi connectivity index (χ1n) is 9.56. The van der Waals surface area contributed by atoms with Crippen molar-refractivity contribution in [2.45, 2.75) is 63.2 Å². The van der Waals surface area contributed by atoms with Gasteiger partial charge in [-0.2, -0.15) is 0 Å². The van der Waals surface area contributed by atoms with Crippen molar-refractivity contribution in [3.05, 3.63) is 30.1 Å². The van der Waals surface area contributed by atoms with Crippen molar-refractivity contribution < 1.29 is 14.3 Å². The molecule has 7 nitrogen and oxygen atoms in total. The zero-order chi connectivity index (χ0) is 20.4. The minimum Gasteiger partial charge on any atom is -0.485 e. The van der Waals surface area contributed by atoms with Crippen LogP contribution in [0.3, 0.4) is 0 Å². The molecular weight excluding hydrogens is 376 g/mol. The van der Waals surface area contributed by atoms with E-state index in [-0.39, 0.29) is 29.3 Å². The van der Waals surface area contributed by atoms with Gasteiger partial charge < -0.3 is 18.9 Å². The molecular formula is C20H28N4O3S. The van der Waals surface area contributed by atoms with Gasteiger partial charge in [-0.25, -0.2) is 0 Å². The fourth-order valence-corrected chi connectivity index (χ4v) is 4.26. The molecule has 0 bridgehead atoms. The average Bonchev–Trinajstić information content (AvgIpc) is 3.01. The van der Waals surface area contributed by atoms with Gasteiger partial charge in [-0.05, 0) is 46.8 Å². The van der Waals surface area contributed by atoms with Gasteiger partial charge in [0.1, 0.15) is 6.61 Å². The van der Waals surface area contributed by atoms with Gasteiger partial charge in [0.15, 0.2) is 28.6 Å². The zero-order valence-corrected chi connectivity index (χ0v) is 18.1. The molecule has 0 unspecified atom stereocenters. The highest BCUT2D eigenvalue weighted by molar-refractivity contribution is 8.00. The molecule has 0 fully saturated rings. The maximum absolute atomic E-state index is 12.9. The lowest BCUT2D eigenvalue weighted by molar-refractivity contribution is -0.133. The third-order valence-electron chi connectivity index (χ3n) is 4.66. The van der Waals surface area contributed by atoms with Crippen LogP contribution in [-0.4, -0.2) is 49.5 Å². The van der Waals surface area contributed by atoms with Crippen LogP contribution in [0.5, 0.6) is 11.5 Å². The molecule has 2 aromatic rings. The number of nitrogens with zero attached hydrogens (tertiary/aromatic N) is 4. The molecule has 1 aliphatic heterocycles. The van der Waals surface area contributed by atoms with Gasteiger partial charge >= 0.3 is 0 Å². The average molecular weight is 405 g/mol. The van der Waals surface area contributed by atoms with Gasteiger partial charge in [-0.15, -0.1) is 10.2 Å². The summed E-state index contributed by atoms with van der Waals surface area (Å²) in [5.74, 6) is 2.22. The summed E-state index contributed by atoms with van der Waals surface area (Å²) in [4.78, 5) is 14.8. The minimum absolute atomic E-state index is 0.103. The van der Waals surface area contributed by atoms with Crippen molar-refractivity contribution >= 4 is 17.7 Å². The number of thioether (sulfide) groups is 1. The fraction of sp³-hybridized carbons (Fsp3) is 0.550. The molecule has 152 valence electrons. The second kappa shape index (κ2) is 8.43. The van der Waals surface area contributed by atoms with Crippen LogP contribution in [-0.2, 0) is 11.8 Å². The molecule has 0 radical (unpaired) electrons. The van der Waals surface area contributed by atoms with Gasteiger partial charge in [0, 0.05) is 19.1 Å². The summed E-state index contributed by atoms with van der Waals surface area (Å²) in [5.41, 5.74) is 0. The van der Waals surface area contributed by atoms with Crippen molar-refractivity contribution in [3.8, 4) is 11.5 Å². The number of hydrogen-bond donors (Lipinski definition) is 0. The van der Waals surface area contributed by atoms with E-state index in [0.29, 0.717) is 23.3 Å². The highest BCUT2D eigenvalue weighted by atomic mass is 32.2. The number of rotatable bonds is 6. The third-order valence-corrected chi connectivity index (χ3v) is 5.78. The van der Waals surface area contributed by atoms with Crippen LogP contribution in [0.4, 0.5) is 0 Å². The summed E-state index contributed by atoms with van der Waals surface area (Å²) >= 11 is 1.41. The summed E-state index contributed by atoms with van der Waals surface area (Å²) in [7, 11) is 1.89. The van der Waals surface area contributed by atoms with Gasteiger partial charge in [0.05, 0.1) is 5.25 Å². The molecule has 3 rings (SSSR count). The molecule has 0 saturated heterocycles. The van der Waals surface area contributed by atoms with Crippen LogP contribution in [0.15, 0.2) is 29.4 Å². The molecule has 8 heteroatoms. The zero-order valence-electron chi connectivity index (χ0n) is 17.2. The van der Waals surface area contributed by atoms with E-state index >= 15 is 0 Å². The van der Waals surface area contributed by atoms with E-state index in [1.54, 1.807) is 0 Å². The number of hydrogen-bond acceptors (Lipinski definition) is 6. The largest absolute Gasteiger partial charge is 0.485 e. The van der Waals surface area contributed by atoms with Gasteiger partial charge in [0.2, 0.25) is 5.91 Å². The number of ether oxygens (including phenoxy) is 2. The van der Waals surface area contributed by atoms with E-state index in [1.807, 2.05) is 75.4 Å². The predicted octanol–water partition coefficient (Wildman–Crippen LogP) is 3.45. The Labute approximate surface area is 170 Å². The molecule has 0 spiro atoms. The van der Waals surface area contributed by atoms with Crippen LogP contribution >= 0.6 is 11.8 Å². The summed E-state index contributed by atoms with van der Waals surface area (Å²) in [6.45, 7) is 10.4. The van der Waals surface area contributed by atoms with Crippen LogP contribution < -0.4 is 9.47 Å². The standard InChI is InChI=1S/C20H28N4O3S/c1-12(2)24(13(3)4)19(25)14(5)28-20-22-21-18(23(20)6)17-11-26-15-9-7-8-10-16(15)27-17/h7-10,12-14,17H,11H2,1-6H3/t14-,17+/m1/s1. The minimum atomic E-state index is -0.337. The Bertz CT molecular complexity index is 829. The number of carbonyl (C=O) groups excluding carboxylic acids is 1. The number of carbonyl (C=O) groups is 1. The highest BCUT2D eigenvalue weighted by Gasteiger charge is 2.30. The Kier molecular flexibility index (Phi) is 6.17. The summed E-state index contributed by atoms with van der Waals surface area (Å²) in [6.07, 6.45) is -0.337. The van der Waals surface area contributed by atoms with Crippen molar-refractivity contribution in [1.82, 2.24) is 19.7 Å². The lowest BCUT2D eigenvalue weighted by atomic mass is 10.2. The van der Waals surface area contributed by atoms with Gasteiger partial charge in [-0.3, -0.25) is 4.79 Å². The lowest BCUT2D eigenvalue weighted by Gasteiger charge is -2.32. The molecule has 1 aliphatic rings. The third kappa shape index (κ3) is 4.11. The number of amides is 1. The first-order chi connectivity index (χ1) is 13.3. The van der Waals surface area contributed by atoms with E-state index in [1.165, 1.54) is 11.8 Å². The first kappa shape index (κ1) is 20.5. The summed E-state index contributed by atoms with van der Waals surface area (Å²) in [6, 6.07) is 7.88. The Balaban J connectivity index is 1.72. The van der Waals surface area contributed by atoms with Crippen LogP contribution in [0, 0.1) is 0 Å². The normalized spacial score (nSPS) is 17.1. The van der Waals surface area contributed by atoms with E-state index in [9.17, 15) is 4.79 Å². The highest BCUT2D eigenvalue weighted by Crippen LogP contribution is 2.36.